The van der Waals surface area contributed by atoms with Crippen molar-refractivity contribution >= 4 is 63.3 Å². The average Bonchev–Trinajstić information content (AvgIpc) is 1.65. The summed E-state index contributed by atoms with van der Waals surface area (Å²) in [6, 6.07) is 0. The van der Waals surface area contributed by atoms with Crippen molar-refractivity contribution in [2.75, 3.05) is 0 Å². The Morgan fingerprint density at radius 1 is 1.44 bits per heavy atom. The molecule has 0 N–H and O–H groups in total. The van der Waals surface area contributed by atoms with Gasteiger partial charge >= 0.3 is 11.9 Å². The summed E-state index contributed by atoms with van der Waals surface area (Å²) in [5.74, 6) is -1.02. The Hall–Kier alpha value is 0.776. The van der Waals surface area contributed by atoms with E-state index >= 15 is 0 Å². The molecule has 9 heavy (non-hydrogen) atoms. The number of hydrogen-bond acceptors (Lipinski definition) is 3. The first-order valence-electron chi connectivity index (χ1n) is 2.38. The standard InChI is InChI=1S/C5H8O3.K/c1-3-5(7)8-4(2)6;/h3H2,1-2H3;. The molecule has 0 aliphatic rings. The van der Waals surface area contributed by atoms with Gasteiger partial charge in [-0.05, 0) is 0 Å². The molecule has 0 rings (SSSR count). The summed E-state index contributed by atoms with van der Waals surface area (Å²) in [4.78, 5) is 20.1. The summed E-state index contributed by atoms with van der Waals surface area (Å²) in [6.45, 7) is 2.83. The van der Waals surface area contributed by atoms with Crippen LogP contribution in [-0.4, -0.2) is 63.3 Å². The topological polar surface area (TPSA) is 43.4 Å². The third kappa shape index (κ3) is 8.78. The second kappa shape index (κ2) is 6.89. The van der Waals surface area contributed by atoms with Gasteiger partial charge in [0.1, 0.15) is 0 Å². The van der Waals surface area contributed by atoms with Crippen LogP contribution >= 0.6 is 0 Å². The molecule has 0 saturated carbocycles. The maximum atomic E-state index is 10.2. The van der Waals surface area contributed by atoms with Gasteiger partial charge in [-0.1, -0.05) is 6.92 Å². The molecule has 3 nitrogen and oxygen atoms in total. The molecule has 0 aromatic carbocycles. The second-order valence-electron chi connectivity index (χ2n) is 1.32. The average molecular weight is 155 g/mol. The van der Waals surface area contributed by atoms with Crippen molar-refractivity contribution in [2.24, 2.45) is 0 Å². The Morgan fingerprint density at radius 2 is 1.89 bits per heavy atom. The van der Waals surface area contributed by atoms with Gasteiger partial charge in [-0.25, -0.2) is 0 Å². The molecule has 0 atom stereocenters. The first-order valence-corrected chi connectivity index (χ1v) is 2.38. The third-order valence-corrected chi connectivity index (χ3v) is 0.546. The number of carbonyl (C=O) groups is 2. The quantitative estimate of drug-likeness (QED) is 0.306. The molecule has 0 spiro atoms. The van der Waals surface area contributed by atoms with Gasteiger partial charge in [-0.2, -0.15) is 0 Å². The van der Waals surface area contributed by atoms with Gasteiger partial charge in [-0.15, -0.1) is 0 Å². The van der Waals surface area contributed by atoms with Crippen molar-refractivity contribution in [3.05, 3.63) is 0 Å². The zero-order valence-electron chi connectivity index (χ0n) is 5.93. The van der Waals surface area contributed by atoms with Gasteiger partial charge in [0.2, 0.25) is 0 Å². The van der Waals surface area contributed by atoms with Crippen LogP contribution in [0.4, 0.5) is 0 Å². The molecule has 0 fully saturated rings. The van der Waals surface area contributed by atoms with E-state index in [0.717, 1.165) is 0 Å². The van der Waals surface area contributed by atoms with Crippen molar-refractivity contribution in [1.29, 1.82) is 0 Å². The molecule has 0 amide bonds. The molecule has 0 aromatic heterocycles. The summed E-state index contributed by atoms with van der Waals surface area (Å²) in [6.07, 6.45) is 0.250. The largest absolute Gasteiger partial charge is 0.393 e. The Balaban J connectivity index is 0. The number of ether oxygens (including phenoxy) is 1. The third-order valence-electron chi connectivity index (χ3n) is 0.546. The van der Waals surface area contributed by atoms with E-state index < -0.39 is 11.9 Å². The van der Waals surface area contributed by atoms with Gasteiger partial charge in [0.25, 0.3) is 0 Å². The van der Waals surface area contributed by atoms with Crippen molar-refractivity contribution in [3.8, 4) is 0 Å². The van der Waals surface area contributed by atoms with Gasteiger partial charge in [0, 0.05) is 64.7 Å². The van der Waals surface area contributed by atoms with Crippen LogP contribution in [0.15, 0.2) is 0 Å². The maximum absolute atomic E-state index is 10.2. The fourth-order valence-electron chi connectivity index (χ4n) is 0.232. The molecule has 0 aromatic rings. The van der Waals surface area contributed by atoms with Crippen LogP contribution in [0, 0.1) is 0 Å². The summed E-state index contributed by atoms with van der Waals surface area (Å²) in [5.41, 5.74) is 0. The van der Waals surface area contributed by atoms with E-state index in [0.29, 0.717) is 0 Å². The van der Waals surface area contributed by atoms with Gasteiger partial charge in [0.05, 0.1) is 0 Å². The van der Waals surface area contributed by atoms with Gasteiger partial charge in [-0.3, -0.25) is 9.59 Å². The molecule has 0 aliphatic heterocycles. The van der Waals surface area contributed by atoms with Crippen LogP contribution in [0.2, 0.25) is 0 Å². The predicted molar refractivity (Wildman–Crippen MR) is 32.8 cm³/mol. The van der Waals surface area contributed by atoms with Gasteiger partial charge in [0.15, 0.2) is 0 Å². The Bertz CT molecular complexity index is 111. The minimum Gasteiger partial charge on any atom is -0.393 e. The van der Waals surface area contributed by atoms with Crippen molar-refractivity contribution in [1.82, 2.24) is 0 Å². The van der Waals surface area contributed by atoms with Crippen molar-refractivity contribution < 1.29 is 14.3 Å². The Morgan fingerprint density at radius 3 is 2.00 bits per heavy atom. The molecule has 0 aliphatic carbocycles. The molecular weight excluding hydrogens is 147 g/mol. The zero-order chi connectivity index (χ0) is 6.57. The Labute approximate surface area is 96.6 Å². The molecule has 0 bridgehead atoms. The summed E-state index contributed by atoms with van der Waals surface area (Å²) < 4.78 is 4.12. The Kier molecular flexibility index (Phi) is 9.53. The van der Waals surface area contributed by atoms with Crippen LogP contribution in [0.3, 0.4) is 0 Å². The SMILES string of the molecule is CCC(=O)OC(C)=O.[K]. The van der Waals surface area contributed by atoms with E-state index in [1.807, 2.05) is 0 Å². The molecule has 47 valence electrons. The molecule has 0 heterocycles. The van der Waals surface area contributed by atoms with Crippen LogP contribution in [0.25, 0.3) is 0 Å². The first-order chi connectivity index (χ1) is 3.66. The summed E-state index contributed by atoms with van der Waals surface area (Å²) in [5, 5.41) is 0. The van der Waals surface area contributed by atoms with E-state index in [2.05, 4.69) is 4.74 Å². The monoisotopic (exact) mass is 155 g/mol. The minimum absolute atomic E-state index is 0. The van der Waals surface area contributed by atoms with E-state index in [1.165, 1.54) is 6.92 Å². The molecule has 0 unspecified atom stereocenters. The number of carbonyl (C=O) groups excluding carboxylic acids is 2. The molecule has 4 heteroatoms. The summed E-state index contributed by atoms with van der Waals surface area (Å²) >= 11 is 0. The van der Waals surface area contributed by atoms with Crippen LogP contribution in [0.5, 0.6) is 0 Å². The smallest absolute Gasteiger partial charge is 0.313 e. The fraction of sp³-hybridized carbons (Fsp3) is 0.600. The maximum Gasteiger partial charge on any atom is 0.313 e. The number of rotatable bonds is 1. The summed E-state index contributed by atoms with van der Waals surface area (Å²) in [7, 11) is 0. The molecule has 1 radical (unpaired) electrons. The van der Waals surface area contributed by atoms with Crippen LogP contribution in [0.1, 0.15) is 20.3 Å². The predicted octanol–water partition coefficient (Wildman–Crippen LogP) is 0.105. The van der Waals surface area contributed by atoms with E-state index in [9.17, 15) is 9.59 Å². The minimum atomic E-state index is -0.545. The second-order valence-corrected chi connectivity index (χ2v) is 1.32. The molecule has 0 saturated heterocycles. The van der Waals surface area contributed by atoms with Crippen LogP contribution < -0.4 is 0 Å². The van der Waals surface area contributed by atoms with Gasteiger partial charge < -0.3 is 4.74 Å². The van der Waals surface area contributed by atoms with E-state index in [4.69, 9.17) is 0 Å². The first kappa shape index (κ1) is 12.5. The number of hydrogen-bond donors (Lipinski definition) is 0. The van der Waals surface area contributed by atoms with Crippen LogP contribution in [-0.2, 0) is 14.3 Å². The van der Waals surface area contributed by atoms with E-state index in [1.54, 1.807) is 6.92 Å². The van der Waals surface area contributed by atoms with Crippen molar-refractivity contribution in [3.63, 3.8) is 0 Å². The number of esters is 2. The van der Waals surface area contributed by atoms with E-state index in [-0.39, 0.29) is 57.8 Å². The van der Waals surface area contributed by atoms with Crippen molar-refractivity contribution in [2.45, 2.75) is 20.3 Å². The normalized spacial score (nSPS) is 7.33. The fourth-order valence-corrected chi connectivity index (χ4v) is 0.232. The molecular formula is C5H8KO3. The zero-order valence-corrected chi connectivity index (χ0v) is 9.05.